The monoisotopic (exact) mass is 183 g/mol. The number of benzene rings is 1. The third kappa shape index (κ3) is 2.24. The van der Waals surface area contributed by atoms with Crippen LogP contribution in [-0.4, -0.2) is 18.0 Å². The second-order valence-corrected chi connectivity index (χ2v) is 3.45. The van der Waals surface area contributed by atoms with Crippen LogP contribution in [-0.2, 0) is 0 Å². The van der Waals surface area contributed by atoms with E-state index in [1.807, 2.05) is 30.5 Å². The van der Waals surface area contributed by atoms with Crippen molar-refractivity contribution < 1.29 is 5.11 Å². The van der Waals surface area contributed by atoms with Gasteiger partial charge in [-0.05, 0) is 24.0 Å². The quantitative estimate of drug-likeness (QED) is 0.696. The van der Waals surface area contributed by atoms with Gasteiger partial charge in [0, 0.05) is 4.90 Å². The molecule has 3 heteroatoms. The highest BCUT2D eigenvalue weighted by molar-refractivity contribution is 7.98. The molecule has 0 amide bonds. The van der Waals surface area contributed by atoms with E-state index < -0.39 is 0 Å². The Morgan fingerprint density at radius 1 is 1.58 bits per heavy atom. The zero-order valence-electron chi connectivity index (χ0n) is 7.03. The van der Waals surface area contributed by atoms with E-state index in [-0.39, 0.29) is 12.6 Å². The van der Waals surface area contributed by atoms with Crippen LogP contribution in [0.25, 0.3) is 0 Å². The molecule has 1 aromatic carbocycles. The summed E-state index contributed by atoms with van der Waals surface area (Å²) in [5.74, 6) is 0. The minimum atomic E-state index is -0.253. The normalized spacial score (nSPS) is 12.9. The second-order valence-electron chi connectivity index (χ2n) is 2.57. The smallest absolute Gasteiger partial charge is 0.0624 e. The summed E-state index contributed by atoms with van der Waals surface area (Å²) in [7, 11) is 0. The minimum absolute atomic E-state index is 0.00215. The lowest BCUT2D eigenvalue weighted by atomic mass is 10.1. The molecule has 0 aliphatic carbocycles. The molecule has 0 bridgehead atoms. The fourth-order valence-electron chi connectivity index (χ4n) is 0.978. The third-order valence-corrected chi connectivity index (χ3v) is 2.44. The fourth-order valence-corrected chi connectivity index (χ4v) is 1.45. The molecule has 0 saturated heterocycles. The van der Waals surface area contributed by atoms with Crippen molar-refractivity contribution in [1.29, 1.82) is 0 Å². The first-order valence-corrected chi connectivity index (χ1v) is 5.00. The van der Waals surface area contributed by atoms with Crippen LogP contribution < -0.4 is 5.73 Å². The average molecular weight is 183 g/mol. The van der Waals surface area contributed by atoms with E-state index in [1.165, 1.54) is 4.90 Å². The first-order valence-electron chi connectivity index (χ1n) is 3.78. The van der Waals surface area contributed by atoms with Crippen molar-refractivity contribution in [3.8, 4) is 0 Å². The second kappa shape index (κ2) is 4.50. The van der Waals surface area contributed by atoms with E-state index in [9.17, 15) is 0 Å². The first kappa shape index (κ1) is 9.58. The van der Waals surface area contributed by atoms with Gasteiger partial charge in [-0.3, -0.25) is 0 Å². The summed E-state index contributed by atoms with van der Waals surface area (Å²) in [5.41, 5.74) is 6.65. The molecular formula is C9H13NOS. The Labute approximate surface area is 76.8 Å². The van der Waals surface area contributed by atoms with Crippen LogP contribution in [0.2, 0.25) is 0 Å². The van der Waals surface area contributed by atoms with Crippen LogP contribution in [0.15, 0.2) is 29.2 Å². The zero-order chi connectivity index (χ0) is 8.97. The van der Waals surface area contributed by atoms with Gasteiger partial charge in [0.05, 0.1) is 12.6 Å². The van der Waals surface area contributed by atoms with Gasteiger partial charge in [0.1, 0.15) is 0 Å². The van der Waals surface area contributed by atoms with Crippen molar-refractivity contribution in [2.75, 3.05) is 12.9 Å². The lowest BCUT2D eigenvalue weighted by Gasteiger charge is -2.08. The highest BCUT2D eigenvalue weighted by atomic mass is 32.2. The Balaban J connectivity index is 2.86. The standard InChI is InChI=1S/C9H13NOS/c1-12-8-4-2-3-7(5-8)9(10)6-11/h2-5,9,11H,6,10H2,1H3/t9-/m1/s1. The topological polar surface area (TPSA) is 46.2 Å². The van der Waals surface area contributed by atoms with Gasteiger partial charge in [0.15, 0.2) is 0 Å². The molecular weight excluding hydrogens is 170 g/mol. The maximum Gasteiger partial charge on any atom is 0.0624 e. The maximum absolute atomic E-state index is 8.82. The highest BCUT2D eigenvalue weighted by Crippen LogP contribution is 2.18. The van der Waals surface area contributed by atoms with Crippen molar-refractivity contribution >= 4 is 11.8 Å². The van der Waals surface area contributed by atoms with Crippen LogP contribution >= 0.6 is 11.8 Å². The number of hydrogen-bond acceptors (Lipinski definition) is 3. The van der Waals surface area contributed by atoms with Crippen LogP contribution in [0.3, 0.4) is 0 Å². The van der Waals surface area contributed by atoms with E-state index in [1.54, 1.807) is 11.8 Å². The zero-order valence-corrected chi connectivity index (χ0v) is 7.84. The van der Waals surface area contributed by atoms with Gasteiger partial charge in [-0.15, -0.1) is 11.8 Å². The Kier molecular flexibility index (Phi) is 3.59. The molecule has 0 heterocycles. The summed E-state index contributed by atoms with van der Waals surface area (Å²) in [5, 5.41) is 8.82. The van der Waals surface area contributed by atoms with Gasteiger partial charge >= 0.3 is 0 Å². The molecule has 0 spiro atoms. The number of nitrogens with two attached hydrogens (primary N) is 1. The Morgan fingerprint density at radius 2 is 2.33 bits per heavy atom. The molecule has 12 heavy (non-hydrogen) atoms. The number of aliphatic hydroxyl groups excluding tert-OH is 1. The molecule has 0 aliphatic heterocycles. The molecule has 1 rings (SSSR count). The highest BCUT2D eigenvalue weighted by Gasteiger charge is 2.03. The van der Waals surface area contributed by atoms with Gasteiger partial charge in [-0.2, -0.15) is 0 Å². The molecule has 0 unspecified atom stereocenters. The Hall–Kier alpha value is -0.510. The van der Waals surface area contributed by atoms with Crippen LogP contribution in [0.5, 0.6) is 0 Å². The van der Waals surface area contributed by atoms with Crippen molar-refractivity contribution in [3.63, 3.8) is 0 Å². The average Bonchev–Trinajstić information content (AvgIpc) is 2.17. The molecule has 3 N–H and O–H groups in total. The molecule has 0 aromatic heterocycles. The van der Waals surface area contributed by atoms with E-state index >= 15 is 0 Å². The van der Waals surface area contributed by atoms with Gasteiger partial charge < -0.3 is 10.8 Å². The molecule has 0 saturated carbocycles. The molecule has 0 aliphatic rings. The van der Waals surface area contributed by atoms with Crippen LogP contribution in [0.1, 0.15) is 11.6 Å². The van der Waals surface area contributed by atoms with Crippen molar-refractivity contribution in [2.24, 2.45) is 5.73 Å². The summed E-state index contributed by atoms with van der Waals surface area (Å²) in [4.78, 5) is 1.18. The largest absolute Gasteiger partial charge is 0.394 e. The summed E-state index contributed by atoms with van der Waals surface area (Å²) < 4.78 is 0. The first-order chi connectivity index (χ1) is 5.77. The fraction of sp³-hybridized carbons (Fsp3) is 0.333. The van der Waals surface area contributed by atoms with Gasteiger partial charge in [0.25, 0.3) is 0 Å². The lowest BCUT2D eigenvalue weighted by molar-refractivity contribution is 0.268. The molecule has 1 atom stereocenters. The van der Waals surface area contributed by atoms with E-state index in [2.05, 4.69) is 0 Å². The Morgan fingerprint density at radius 3 is 2.92 bits per heavy atom. The predicted octanol–water partition coefficient (Wildman–Crippen LogP) is 1.40. The summed E-state index contributed by atoms with van der Waals surface area (Å²) in [6.07, 6.45) is 2.02. The summed E-state index contributed by atoms with van der Waals surface area (Å²) in [6, 6.07) is 7.67. The molecule has 1 aromatic rings. The Bertz CT molecular complexity index is 252. The minimum Gasteiger partial charge on any atom is -0.394 e. The third-order valence-electron chi connectivity index (χ3n) is 1.72. The van der Waals surface area contributed by atoms with Gasteiger partial charge in [-0.25, -0.2) is 0 Å². The number of thioether (sulfide) groups is 1. The van der Waals surface area contributed by atoms with E-state index in [4.69, 9.17) is 10.8 Å². The van der Waals surface area contributed by atoms with Crippen molar-refractivity contribution in [1.82, 2.24) is 0 Å². The number of hydrogen-bond donors (Lipinski definition) is 2. The maximum atomic E-state index is 8.82. The van der Waals surface area contributed by atoms with Crippen LogP contribution in [0, 0.1) is 0 Å². The number of aliphatic hydroxyl groups is 1. The lowest BCUT2D eigenvalue weighted by Crippen LogP contribution is -2.14. The van der Waals surface area contributed by atoms with Crippen molar-refractivity contribution in [2.45, 2.75) is 10.9 Å². The van der Waals surface area contributed by atoms with Crippen molar-refractivity contribution in [3.05, 3.63) is 29.8 Å². The van der Waals surface area contributed by atoms with Gasteiger partial charge in [-0.1, -0.05) is 12.1 Å². The molecule has 0 fully saturated rings. The molecule has 2 nitrogen and oxygen atoms in total. The van der Waals surface area contributed by atoms with Gasteiger partial charge in [0.2, 0.25) is 0 Å². The summed E-state index contributed by atoms with van der Waals surface area (Å²) >= 11 is 1.67. The molecule has 0 radical (unpaired) electrons. The predicted molar refractivity (Wildman–Crippen MR) is 52.2 cm³/mol. The molecule has 66 valence electrons. The van der Waals surface area contributed by atoms with Crippen LogP contribution in [0.4, 0.5) is 0 Å². The summed E-state index contributed by atoms with van der Waals surface area (Å²) in [6.45, 7) is -0.00215. The van der Waals surface area contributed by atoms with E-state index in [0.717, 1.165) is 5.56 Å². The SMILES string of the molecule is CSc1cccc([C@H](N)CO)c1. The van der Waals surface area contributed by atoms with E-state index in [0.29, 0.717) is 0 Å². The number of rotatable bonds is 3.